The highest BCUT2D eigenvalue weighted by Gasteiger charge is 2.42. The SMILES string of the molecule is COC(=O)C(CCC(=O)O)NC(CNC(=O)OC(C)(C)C)C(F)(F)F. The Balaban J connectivity index is 4.96. The lowest BCUT2D eigenvalue weighted by atomic mass is 10.1. The van der Waals surface area contributed by atoms with Crippen LogP contribution in [0.5, 0.6) is 0 Å². The Labute approximate surface area is 143 Å². The van der Waals surface area contributed by atoms with Gasteiger partial charge in [0.15, 0.2) is 0 Å². The minimum atomic E-state index is -4.80. The van der Waals surface area contributed by atoms with Crippen molar-refractivity contribution in [1.29, 1.82) is 0 Å². The zero-order chi connectivity index (χ0) is 19.8. The number of rotatable bonds is 8. The van der Waals surface area contributed by atoms with E-state index in [2.05, 4.69) is 4.74 Å². The van der Waals surface area contributed by atoms with E-state index >= 15 is 0 Å². The van der Waals surface area contributed by atoms with Gasteiger partial charge in [0.05, 0.1) is 7.11 Å². The van der Waals surface area contributed by atoms with Crippen molar-refractivity contribution < 1.29 is 42.1 Å². The number of carboxylic acid groups (broad SMARTS) is 1. The second-order valence-electron chi connectivity index (χ2n) is 6.15. The number of halogens is 3. The smallest absolute Gasteiger partial charge is 0.407 e. The van der Waals surface area contributed by atoms with Gasteiger partial charge >= 0.3 is 24.2 Å². The van der Waals surface area contributed by atoms with Gasteiger partial charge in [-0.15, -0.1) is 0 Å². The molecule has 0 radical (unpaired) electrons. The second-order valence-corrected chi connectivity index (χ2v) is 6.15. The molecule has 0 heterocycles. The summed E-state index contributed by atoms with van der Waals surface area (Å²) in [5.74, 6) is -2.31. The Hall–Kier alpha value is -2.04. The number of nitrogens with one attached hydrogen (secondary N) is 2. The number of carboxylic acids is 1. The third kappa shape index (κ3) is 10.4. The van der Waals surface area contributed by atoms with E-state index in [1.807, 2.05) is 10.6 Å². The molecule has 2 unspecified atom stereocenters. The number of ether oxygens (including phenoxy) is 2. The number of carbonyl (C=O) groups is 3. The van der Waals surface area contributed by atoms with Gasteiger partial charge < -0.3 is 19.9 Å². The summed E-state index contributed by atoms with van der Waals surface area (Å²) in [6.07, 6.45) is -6.79. The summed E-state index contributed by atoms with van der Waals surface area (Å²) in [6, 6.07) is -3.79. The van der Waals surface area contributed by atoms with Crippen LogP contribution >= 0.6 is 0 Å². The Morgan fingerprint density at radius 3 is 2.12 bits per heavy atom. The van der Waals surface area contributed by atoms with E-state index in [9.17, 15) is 27.6 Å². The maximum atomic E-state index is 13.1. The Morgan fingerprint density at radius 1 is 1.16 bits per heavy atom. The standard InChI is InChI=1S/C14H23F3N2O6/c1-13(2,3)25-12(23)18-7-9(14(15,16)17)19-8(11(22)24-4)5-6-10(20)21/h8-9,19H,5-7H2,1-4H3,(H,18,23)(H,20,21). The number of hydrogen-bond donors (Lipinski definition) is 3. The van der Waals surface area contributed by atoms with Gasteiger partial charge in [-0.1, -0.05) is 0 Å². The van der Waals surface area contributed by atoms with E-state index < -0.39 is 61.3 Å². The van der Waals surface area contributed by atoms with Crippen LogP contribution in [-0.4, -0.2) is 60.7 Å². The van der Waals surface area contributed by atoms with Crippen LogP contribution in [0.25, 0.3) is 0 Å². The molecule has 0 aliphatic rings. The summed E-state index contributed by atoms with van der Waals surface area (Å²) in [6.45, 7) is 3.74. The molecule has 1 amide bonds. The number of alkyl halides is 3. The topological polar surface area (TPSA) is 114 Å². The molecule has 0 aromatic heterocycles. The lowest BCUT2D eigenvalue weighted by molar-refractivity contribution is -0.161. The molecule has 0 fully saturated rings. The van der Waals surface area contributed by atoms with Crippen LogP contribution in [0.2, 0.25) is 0 Å². The molecule has 0 aliphatic heterocycles. The molecule has 146 valence electrons. The van der Waals surface area contributed by atoms with E-state index in [1.54, 1.807) is 20.8 Å². The highest BCUT2D eigenvalue weighted by atomic mass is 19.4. The van der Waals surface area contributed by atoms with Crippen molar-refractivity contribution in [3.8, 4) is 0 Å². The first-order valence-electron chi connectivity index (χ1n) is 7.35. The molecule has 0 saturated carbocycles. The summed E-state index contributed by atoms with van der Waals surface area (Å²) < 4.78 is 48.6. The molecule has 3 N–H and O–H groups in total. The number of aliphatic carboxylic acids is 1. The quantitative estimate of drug-likeness (QED) is 0.553. The summed E-state index contributed by atoms with van der Waals surface area (Å²) in [7, 11) is 0.972. The number of methoxy groups -OCH3 is 1. The summed E-state index contributed by atoms with van der Waals surface area (Å²) in [5, 5.41) is 12.6. The maximum absolute atomic E-state index is 13.1. The first kappa shape index (κ1) is 23.0. The molecular weight excluding hydrogens is 349 g/mol. The van der Waals surface area contributed by atoms with Crippen LogP contribution in [0.3, 0.4) is 0 Å². The lowest BCUT2D eigenvalue weighted by Gasteiger charge is -2.27. The van der Waals surface area contributed by atoms with Gasteiger partial charge in [-0.25, -0.2) is 4.79 Å². The van der Waals surface area contributed by atoms with Crippen molar-refractivity contribution in [2.24, 2.45) is 0 Å². The maximum Gasteiger partial charge on any atom is 0.407 e. The Morgan fingerprint density at radius 2 is 1.72 bits per heavy atom. The number of amides is 1. The molecule has 25 heavy (non-hydrogen) atoms. The number of carbonyl (C=O) groups excluding carboxylic acids is 2. The van der Waals surface area contributed by atoms with Gasteiger partial charge in [0.1, 0.15) is 17.7 Å². The van der Waals surface area contributed by atoms with Crippen LogP contribution in [0, 0.1) is 0 Å². The van der Waals surface area contributed by atoms with E-state index in [0.717, 1.165) is 7.11 Å². The van der Waals surface area contributed by atoms with Crippen molar-refractivity contribution in [1.82, 2.24) is 10.6 Å². The van der Waals surface area contributed by atoms with Crippen molar-refractivity contribution in [3.05, 3.63) is 0 Å². The molecule has 0 saturated heterocycles. The number of hydrogen-bond acceptors (Lipinski definition) is 6. The van der Waals surface area contributed by atoms with Crippen molar-refractivity contribution in [2.75, 3.05) is 13.7 Å². The van der Waals surface area contributed by atoms with E-state index in [0.29, 0.717) is 0 Å². The van der Waals surface area contributed by atoms with Gasteiger partial charge in [0.2, 0.25) is 0 Å². The van der Waals surface area contributed by atoms with Crippen LogP contribution < -0.4 is 10.6 Å². The van der Waals surface area contributed by atoms with Crippen molar-refractivity contribution in [3.63, 3.8) is 0 Å². The molecule has 0 spiro atoms. The number of esters is 1. The third-order valence-corrected chi connectivity index (χ3v) is 2.78. The zero-order valence-corrected chi connectivity index (χ0v) is 14.4. The third-order valence-electron chi connectivity index (χ3n) is 2.78. The predicted molar refractivity (Wildman–Crippen MR) is 79.9 cm³/mol. The van der Waals surface area contributed by atoms with Gasteiger partial charge in [0, 0.05) is 13.0 Å². The molecular formula is C14H23F3N2O6. The fourth-order valence-corrected chi connectivity index (χ4v) is 1.69. The molecule has 0 rings (SSSR count). The zero-order valence-electron chi connectivity index (χ0n) is 14.4. The molecule has 0 bridgehead atoms. The largest absolute Gasteiger partial charge is 0.481 e. The lowest BCUT2D eigenvalue weighted by Crippen LogP contribution is -2.55. The Kier molecular flexibility index (Phi) is 8.67. The highest BCUT2D eigenvalue weighted by Crippen LogP contribution is 2.21. The number of alkyl carbamates (subject to hydrolysis) is 1. The fraction of sp³-hybridized carbons (Fsp3) is 0.786. The van der Waals surface area contributed by atoms with Gasteiger partial charge in [-0.3, -0.25) is 14.9 Å². The molecule has 2 atom stereocenters. The van der Waals surface area contributed by atoms with Gasteiger partial charge in [-0.2, -0.15) is 13.2 Å². The minimum Gasteiger partial charge on any atom is -0.481 e. The Bertz CT molecular complexity index is 476. The van der Waals surface area contributed by atoms with E-state index in [1.165, 1.54) is 0 Å². The molecule has 8 nitrogen and oxygen atoms in total. The van der Waals surface area contributed by atoms with Crippen LogP contribution in [0.15, 0.2) is 0 Å². The summed E-state index contributed by atoms with van der Waals surface area (Å²) in [4.78, 5) is 33.6. The van der Waals surface area contributed by atoms with Crippen LogP contribution in [0.4, 0.5) is 18.0 Å². The highest BCUT2D eigenvalue weighted by molar-refractivity contribution is 5.77. The van der Waals surface area contributed by atoms with Gasteiger partial charge in [0.25, 0.3) is 0 Å². The van der Waals surface area contributed by atoms with E-state index in [4.69, 9.17) is 9.84 Å². The molecule has 0 aliphatic carbocycles. The normalized spacial score (nSPS) is 14.4. The molecule has 0 aromatic carbocycles. The van der Waals surface area contributed by atoms with Crippen molar-refractivity contribution >= 4 is 18.0 Å². The first-order chi connectivity index (χ1) is 11.3. The van der Waals surface area contributed by atoms with E-state index in [-0.39, 0.29) is 0 Å². The minimum absolute atomic E-state index is 0.402. The van der Waals surface area contributed by atoms with Gasteiger partial charge in [-0.05, 0) is 27.2 Å². The average molecular weight is 372 g/mol. The average Bonchev–Trinajstić information content (AvgIpc) is 2.42. The predicted octanol–water partition coefficient (Wildman–Crippen LogP) is 1.44. The monoisotopic (exact) mass is 372 g/mol. The second kappa shape index (κ2) is 9.44. The summed E-state index contributed by atoms with van der Waals surface area (Å²) >= 11 is 0. The first-order valence-corrected chi connectivity index (χ1v) is 7.35. The summed E-state index contributed by atoms with van der Waals surface area (Å²) in [5.41, 5.74) is -0.888. The molecule has 11 heteroatoms. The fourth-order valence-electron chi connectivity index (χ4n) is 1.69. The van der Waals surface area contributed by atoms with Crippen molar-refractivity contribution in [2.45, 2.75) is 57.5 Å². The van der Waals surface area contributed by atoms with Crippen LogP contribution in [-0.2, 0) is 19.1 Å². The van der Waals surface area contributed by atoms with Crippen LogP contribution in [0.1, 0.15) is 33.6 Å². The molecule has 0 aromatic rings.